The average molecular weight is 412 g/mol. The molecule has 10 heteroatoms. The molecule has 0 fully saturated rings. The average Bonchev–Trinajstić information content (AvgIpc) is 3.24. The van der Waals surface area contributed by atoms with Gasteiger partial charge in [-0.25, -0.2) is 9.59 Å². The lowest BCUT2D eigenvalue weighted by atomic mass is 10.1. The van der Waals surface area contributed by atoms with E-state index in [0.717, 1.165) is 5.56 Å². The Labute approximate surface area is 171 Å². The van der Waals surface area contributed by atoms with E-state index in [9.17, 15) is 9.59 Å². The number of hydrogen-bond acceptors (Lipinski definition) is 9. The molecule has 0 saturated heterocycles. The molecule has 0 radical (unpaired) electrons. The third kappa shape index (κ3) is 5.64. The summed E-state index contributed by atoms with van der Waals surface area (Å²) in [4.78, 5) is 26.3. The first kappa shape index (κ1) is 22.1. The SMILES string of the molecule is COC(=O)c1ccc(-c2noc(C)n2)cc1.COC(=O)c1ccc(/C(N)=N/O)cc1. The molecule has 0 unspecified atom stereocenters. The molecule has 2 aromatic carbocycles. The molecular weight excluding hydrogens is 392 g/mol. The minimum atomic E-state index is -0.420. The smallest absolute Gasteiger partial charge is 0.337 e. The van der Waals surface area contributed by atoms with Crippen LogP contribution < -0.4 is 5.73 Å². The van der Waals surface area contributed by atoms with Crippen molar-refractivity contribution >= 4 is 17.8 Å². The van der Waals surface area contributed by atoms with Crippen LogP contribution in [-0.2, 0) is 9.47 Å². The highest BCUT2D eigenvalue weighted by Crippen LogP contribution is 2.16. The quantitative estimate of drug-likeness (QED) is 0.216. The molecule has 0 spiro atoms. The molecule has 0 saturated carbocycles. The fourth-order valence-electron chi connectivity index (χ4n) is 2.24. The van der Waals surface area contributed by atoms with Gasteiger partial charge in [0.25, 0.3) is 0 Å². The number of benzene rings is 2. The number of esters is 2. The number of carbonyl (C=O) groups is 2. The fourth-order valence-corrected chi connectivity index (χ4v) is 2.24. The van der Waals surface area contributed by atoms with Crippen LogP contribution in [0.4, 0.5) is 0 Å². The van der Waals surface area contributed by atoms with Crippen molar-refractivity contribution in [2.45, 2.75) is 6.92 Å². The largest absolute Gasteiger partial charge is 0.465 e. The van der Waals surface area contributed by atoms with Gasteiger partial charge in [0.05, 0.1) is 25.3 Å². The summed E-state index contributed by atoms with van der Waals surface area (Å²) < 4.78 is 14.0. The van der Waals surface area contributed by atoms with Crippen molar-refractivity contribution in [3.8, 4) is 11.4 Å². The second-order valence-electron chi connectivity index (χ2n) is 5.76. The number of aryl methyl sites for hydroxylation is 1. The standard InChI is InChI=1S/C11H10N2O3.C9H10N2O3/c1-7-12-10(13-16-7)8-3-5-9(6-4-8)11(14)15-2;1-14-9(12)7-4-2-6(3-5-7)8(10)11-13/h3-6H,1-2H3;2-5,13H,1H3,(H2,10,11). The number of nitrogens with two attached hydrogens (primary N) is 1. The Morgan fingerprint density at radius 3 is 1.80 bits per heavy atom. The van der Waals surface area contributed by atoms with Gasteiger partial charge in [0.1, 0.15) is 0 Å². The van der Waals surface area contributed by atoms with Crippen LogP contribution in [-0.4, -0.2) is 47.3 Å². The van der Waals surface area contributed by atoms with E-state index < -0.39 is 5.97 Å². The number of nitrogens with zero attached hydrogens (tertiary/aromatic N) is 3. The molecule has 0 atom stereocenters. The second kappa shape index (κ2) is 10.4. The molecule has 0 aliphatic carbocycles. The maximum Gasteiger partial charge on any atom is 0.337 e. The van der Waals surface area contributed by atoms with E-state index >= 15 is 0 Å². The highest BCUT2D eigenvalue weighted by Gasteiger charge is 2.08. The van der Waals surface area contributed by atoms with Gasteiger partial charge in [0.2, 0.25) is 11.7 Å². The molecule has 0 aliphatic rings. The molecule has 30 heavy (non-hydrogen) atoms. The Hall–Kier alpha value is -4.21. The van der Waals surface area contributed by atoms with Crippen LogP contribution >= 0.6 is 0 Å². The number of hydrogen-bond donors (Lipinski definition) is 2. The number of aromatic nitrogens is 2. The van der Waals surface area contributed by atoms with Gasteiger partial charge in [-0.15, -0.1) is 0 Å². The van der Waals surface area contributed by atoms with E-state index in [-0.39, 0.29) is 11.8 Å². The summed E-state index contributed by atoms with van der Waals surface area (Å²) >= 11 is 0. The topological polar surface area (TPSA) is 150 Å². The molecule has 3 aromatic rings. The van der Waals surface area contributed by atoms with Gasteiger partial charge in [-0.05, 0) is 24.3 Å². The first-order valence-corrected chi connectivity index (χ1v) is 8.55. The highest BCUT2D eigenvalue weighted by atomic mass is 16.5. The Morgan fingerprint density at radius 1 is 0.933 bits per heavy atom. The van der Waals surface area contributed by atoms with Gasteiger partial charge in [0.15, 0.2) is 5.84 Å². The van der Waals surface area contributed by atoms with Crippen molar-refractivity contribution in [2.24, 2.45) is 10.9 Å². The normalized spacial score (nSPS) is 10.6. The number of rotatable bonds is 4. The summed E-state index contributed by atoms with van der Waals surface area (Å²) in [6, 6.07) is 13.0. The van der Waals surface area contributed by atoms with Gasteiger partial charge in [-0.2, -0.15) is 4.98 Å². The van der Waals surface area contributed by atoms with Gasteiger partial charge in [-0.3, -0.25) is 0 Å². The van der Waals surface area contributed by atoms with Crippen molar-refractivity contribution in [1.82, 2.24) is 10.1 Å². The van der Waals surface area contributed by atoms with Crippen molar-refractivity contribution in [2.75, 3.05) is 14.2 Å². The van der Waals surface area contributed by atoms with Crippen LogP contribution in [0.15, 0.2) is 58.2 Å². The van der Waals surface area contributed by atoms with Gasteiger partial charge < -0.3 is 24.9 Å². The molecular formula is C20H20N4O6. The monoisotopic (exact) mass is 412 g/mol. The molecule has 10 nitrogen and oxygen atoms in total. The van der Waals surface area contributed by atoms with Crippen LogP contribution in [0, 0.1) is 6.92 Å². The predicted octanol–water partition coefficient (Wildman–Crippen LogP) is 2.40. The first-order chi connectivity index (χ1) is 14.4. The third-order valence-electron chi connectivity index (χ3n) is 3.80. The lowest BCUT2D eigenvalue weighted by Crippen LogP contribution is -2.13. The second-order valence-corrected chi connectivity index (χ2v) is 5.76. The molecule has 156 valence electrons. The van der Waals surface area contributed by atoms with Crippen LogP contribution in [0.3, 0.4) is 0 Å². The summed E-state index contributed by atoms with van der Waals surface area (Å²) in [5.41, 5.74) is 7.59. The van der Waals surface area contributed by atoms with E-state index in [4.69, 9.17) is 15.5 Å². The molecule has 0 bridgehead atoms. The van der Waals surface area contributed by atoms with E-state index in [0.29, 0.717) is 28.4 Å². The lowest BCUT2D eigenvalue weighted by Gasteiger charge is -2.00. The summed E-state index contributed by atoms with van der Waals surface area (Å²) in [6.07, 6.45) is 0. The number of methoxy groups -OCH3 is 2. The zero-order valence-electron chi connectivity index (χ0n) is 16.5. The van der Waals surface area contributed by atoms with E-state index in [1.54, 1.807) is 55.5 Å². The fraction of sp³-hybridized carbons (Fsp3) is 0.150. The van der Waals surface area contributed by atoms with Gasteiger partial charge in [-0.1, -0.05) is 34.6 Å². The minimum absolute atomic E-state index is 0.00131. The highest BCUT2D eigenvalue weighted by molar-refractivity contribution is 5.98. The Morgan fingerprint density at radius 2 is 1.40 bits per heavy atom. The van der Waals surface area contributed by atoms with Crippen LogP contribution in [0.25, 0.3) is 11.4 Å². The number of oxime groups is 1. The van der Waals surface area contributed by atoms with Gasteiger partial charge >= 0.3 is 11.9 Å². The number of carbonyl (C=O) groups excluding carboxylic acids is 2. The summed E-state index contributed by atoms with van der Waals surface area (Å²) in [5, 5.41) is 15.0. The lowest BCUT2D eigenvalue weighted by molar-refractivity contribution is 0.0592. The number of ether oxygens (including phenoxy) is 2. The maximum atomic E-state index is 11.2. The molecule has 3 rings (SSSR count). The first-order valence-electron chi connectivity index (χ1n) is 8.55. The van der Waals surface area contributed by atoms with E-state index in [1.807, 2.05) is 0 Å². The van der Waals surface area contributed by atoms with Crippen LogP contribution in [0.2, 0.25) is 0 Å². The maximum absolute atomic E-state index is 11.2. The molecule has 1 heterocycles. The van der Waals surface area contributed by atoms with Crippen molar-refractivity contribution in [3.05, 3.63) is 71.1 Å². The molecule has 0 aliphatic heterocycles. The Balaban J connectivity index is 0.000000216. The van der Waals surface area contributed by atoms with Crippen molar-refractivity contribution < 1.29 is 28.8 Å². The van der Waals surface area contributed by atoms with Crippen molar-refractivity contribution in [1.29, 1.82) is 0 Å². The summed E-state index contributed by atoms with van der Waals surface area (Å²) in [5.74, 6) is 0.231. The number of amidine groups is 1. The zero-order valence-corrected chi connectivity index (χ0v) is 16.5. The molecule has 1 aromatic heterocycles. The van der Waals surface area contributed by atoms with E-state index in [2.05, 4.69) is 24.8 Å². The molecule has 3 N–H and O–H groups in total. The molecule has 0 amide bonds. The predicted molar refractivity (Wildman–Crippen MR) is 106 cm³/mol. The van der Waals surface area contributed by atoms with Crippen LogP contribution in [0.1, 0.15) is 32.2 Å². The van der Waals surface area contributed by atoms with Crippen molar-refractivity contribution in [3.63, 3.8) is 0 Å². The summed E-state index contributed by atoms with van der Waals surface area (Å²) in [7, 11) is 2.65. The minimum Gasteiger partial charge on any atom is -0.465 e. The Kier molecular flexibility index (Phi) is 7.63. The zero-order chi connectivity index (χ0) is 22.1. The van der Waals surface area contributed by atoms with E-state index in [1.165, 1.54) is 14.2 Å². The summed E-state index contributed by atoms with van der Waals surface area (Å²) in [6.45, 7) is 1.72. The van der Waals surface area contributed by atoms with Crippen LogP contribution in [0.5, 0.6) is 0 Å². The third-order valence-corrected chi connectivity index (χ3v) is 3.80. The Bertz CT molecular complexity index is 1030. The van der Waals surface area contributed by atoms with Gasteiger partial charge in [0, 0.05) is 18.1 Å².